The van der Waals surface area contributed by atoms with E-state index in [0.717, 1.165) is 70.6 Å². The lowest BCUT2D eigenvalue weighted by molar-refractivity contribution is -0.161. The number of ether oxygens (including phenoxy) is 2. The zero-order valence-electron chi connectivity index (χ0n) is 50.8. The minimum Gasteiger partial charge on any atom is -0.462 e. The third kappa shape index (κ3) is 63.9. The minimum atomic E-state index is -0.773. The number of carbonyl (C=O) groups excluding carboxylic acids is 2. The highest BCUT2D eigenvalue weighted by Gasteiger charge is 2.16. The number of carbonyl (C=O) groups is 2. The first-order valence-electron chi connectivity index (χ1n) is 33.5. The van der Waals surface area contributed by atoms with Crippen LogP contribution in [-0.2, 0) is 19.1 Å². The topological polar surface area (TPSA) is 72.8 Å². The van der Waals surface area contributed by atoms with Crippen molar-refractivity contribution in [2.45, 2.75) is 354 Å². The summed E-state index contributed by atoms with van der Waals surface area (Å²) in [6.45, 7) is 4.06. The molecular weight excluding hydrogens is 933 g/mol. The first kappa shape index (κ1) is 73.3. The van der Waals surface area contributed by atoms with Crippen LogP contribution in [0.3, 0.4) is 0 Å². The van der Waals surface area contributed by atoms with E-state index in [1.54, 1.807) is 0 Å². The van der Waals surface area contributed by atoms with Crippen molar-refractivity contribution in [3.05, 3.63) is 72.9 Å². The first-order chi connectivity index (χ1) is 37.6. The molecule has 5 heteroatoms. The molecule has 1 N–H and O–H groups in total. The van der Waals surface area contributed by atoms with Crippen molar-refractivity contribution < 1.29 is 24.2 Å². The molecule has 0 radical (unpaired) electrons. The number of allylic oxidation sites excluding steroid dienone is 12. The molecule has 0 aliphatic rings. The highest BCUT2D eigenvalue weighted by molar-refractivity contribution is 5.70. The number of rotatable bonds is 62. The van der Waals surface area contributed by atoms with Crippen LogP contribution in [0.15, 0.2) is 72.9 Å². The van der Waals surface area contributed by atoms with E-state index in [1.807, 2.05) is 0 Å². The van der Waals surface area contributed by atoms with Gasteiger partial charge >= 0.3 is 11.9 Å². The molecule has 0 aliphatic heterocycles. The molecule has 442 valence electrons. The second kappa shape index (κ2) is 66.6. The average molecular weight is 1060 g/mol. The van der Waals surface area contributed by atoms with Gasteiger partial charge in [0.2, 0.25) is 0 Å². The fourth-order valence-electron chi connectivity index (χ4n) is 9.99. The van der Waals surface area contributed by atoms with Gasteiger partial charge in [0.15, 0.2) is 6.10 Å². The van der Waals surface area contributed by atoms with Gasteiger partial charge in [0.1, 0.15) is 6.61 Å². The summed E-state index contributed by atoms with van der Waals surface area (Å²) in [5, 5.41) is 9.70. The van der Waals surface area contributed by atoms with E-state index in [1.165, 1.54) is 250 Å². The Hall–Kier alpha value is -2.66. The zero-order valence-corrected chi connectivity index (χ0v) is 50.8. The number of hydrogen-bond acceptors (Lipinski definition) is 5. The van der Waals surface area contributed by atoms with Gasteiger partial charge in [-0.1, -0.05) is 324 Å². The molecule has 1 unspecified atom stereocenters. The Morgan fingerprint density at radius 2 is 0.566 bits per heavy atom. The van der Waals surface area contributed by atoms with Crippen molar-refractivity contribution in [3.8, 4) is 0 Å². The lowest BCUT2D eigenvalue weighted by Gasteiger charge is -2.15. The molecular formula is C71H128O5. The minimum absolute atomic E-state index is 0.0625. The summed E-state index contributed by atoms with van der Waals surface area (Å²) in [6.07, 6.45) is 92.1. The third-order valence-electron chi connectivity index (χ3n) is 15.0. The summed E-state index contributed by atoms with van der Waals surface area (Å²) in [5.74, 6) is -0.573. The zero-order chi connectivity index (χ0) is 54.8. The molecule has 1 atom stereocenters. The fourth-order valence-corrected chi connectivity index (χ4v) is 9.99. The Labute approximate surface area is 473 Å². The summed E-state index contributed by atoms with van der Waals surface area (Å²) >= 11 is 0. The monoisotopic (exact) mass is 1060 g/mol. The number of aliphatic hydroxyl groups excluding tert-OH is 1. The van der Waals surface area contributed by atoms with Crippen molar-refractivity contribution in [3.63, 3.8) is 0 Å². The molecule has 0 saturated carbocycles. The van der Waals surface area contributed by atoms with Gasteiger partial charge in [-0.05, 0) is 83.5 Å². The maximum Gasteiger partial charge on any atom is 0.306 e. The molecule has 0 aromatic carbocycles. The Kier molecular flexibility index (Phi) is 64.3. The second-order valence-electron chi connectivity index (χ2n) is 22.5. The van der Waals surface area contributed by atoms with Crippen LogP contribution in [0.1, 0.15) is 348 Å². The number of hydrogen-bond donors (Lipinski definition) is 1. The molecule has 0 bridgehead atoms. The van der Waals surface area contributed by atoms with Gasteiger partial charge in [0, 0.05) is 12.8 Å². The lowest BCUT2D eigenvalue weighted by atomic mass is 10.0. The summed E-state index contributed by atoms with van der Waals surface area (Å²) in [7, 11) is 0. The quantitative estimate of drug-likeness (QED) is 0.0373. The predicted molar refractivity (Wildman–Crippen MR) is 334 cm³/mol. The van der Waals surface area contributed by atoms with Crippen LogP contribution in [0.4, 0.5) is 0 Å². The maximum absolute atomic E-state index is 12.4. The molecule has 0 heterocycles. The van der Waals surface area contributed by atoms with E-state index in [4.69, 9.17) is 9.47 Å². The maximum atomic E-state index is 12.4. The summed E-state index contributed by atoms with van der Waals surface area (Å²) in [4.78, 5) is 24.6. The average Bonchev–Trinajstić information content (AvgIpc) is 3.42. The molecule has 0 fully saturated rings. The van der Waals surface area contributed by atoms with E-state index in [9.17, 15) is 14.7 Å². The van der Waals surface area contributed by atoms with Gasteiger partial charge in [0.25, 0.3) is 0 Å². The molecule has 76 heavy (non-hydrogen) atoms. The van der Waals surface area contributed by atoms with Crippen LogP contribution in [0, 0.1) is 0 Å². The fraction of sp³-hybridized carbons (Fsp3) is 0.803. The van der Waals surface area contributed by atoms with Crippen molar-refractivity contribution >= 4 is 11.9 Å². The largest absolute Gasteiger partial charge is 0.462 e. The normalized spacial score (nSPS) is 12.6. The Morgan fingerprint density at radius 3 is 0.855 bits per heavy atom. The summed E-state index contributed by atoms with van der Waals surface area (Å²) in [6, 6.07) is 0. The predicted octanol–water partition coefficient (Wildman–Crippen LogP) is 23.1. The van der Waals surface area contributed by atoms with E-state index >= 15 is 0 Å². The molecule has 0 aromatic rings. The molecule has 0 aliphatic carbocycles. The van der Waals surface area contributed by atoms with Crippen molar-refractivity contribution in [1.82, 2.24) is 0 Å². The summed E-state index contributed by atoms with van der Waals surface area (Å²) in [5.41, 5.74) is 0. The van der Waals surface area contributed by atoms with Gasteiger partial charge in [-0.3, -0.25) is 9.59 Å². The van der Waals surface area contributed by atoms with Gasteiger partial charge < -0.3 is 14.6 Å². The van der Waals surface area contributed by atoms with Crippen LogP contribution in [0.25, 0.3) is 0 Å². The molecule has 5 nitrogen and oxygen atoms in total. The van der Waals surface area contributed by atoms with Gasteiger partial charge in [0.05, 0.1) is 6.61 Å². The SMILES string of the molecule is CC/C=C\C/C=C\C/C=C\C/C=C\CCCCCCCCCCCCCCCCCCCCCCC(=O)OC(CO)COC(=O)CCCCCCCCCCCCCCCCCCC/C=C\C/C=C\CCCCCCC. The van der Waals surface area contributed by atoms with E-state index in [-0.39, 0.29) is 25.2 Å². The molecule has 0 rings (SSSR count). The van der Waals surface area contributed by atoms with E-state index < -0.39 is 6.10 Å². The Morgan fingerprint density at radius 1 is 0.316 bits per heavy atom. The van der Waals surface area contributed by atoms with E-state index in [2.05, 4.69) is 86.8 Å². The van der Waals surface area contributed by atoms with Gasteiger partial charge in [-0.15, -0.1) is 0 Å². The van der Waals surface area contributed by atoms with E-state index in [0.29, 0.717) is 12.8 Å². The summed E-state index contributed by atoms with van der Waals surface area (Å²) < 4.78 is 10.8. The van der Waals surface area contributed by atoms with Crippen LogP contribution in [-0.4, -0.2) is 36.4 Å². The van der Waals surface area contributed by atoms with Crippen LogP contribution in [0.2, 0.25) is 0 Å². The number of aliphatic hydroxyl groups is 1. The smallest absolute Gasteiger partial charge is 0.306 e. The molecule has 0 spiro atoms. The van der Waals surface area contributed by atoms with Crippen molar-refractivity contribution in [2.75, 3.05) is 13.2 Å². The Balaban J connectivity index is 3.42. The van der Waals surface area contributed by atoms with Crippen LogP contribution < -0.4 is 0 Å². The van der Waals surface area contributed by atoms with Gasteiger partial charge in [-0.2, -0.15) is 0 Å². The Bertz CT molecular complexity index is 1340. The van der Waals surface area contributed by atoms with Crippen molar-refractivity contribution in [2.24, 2.45) is 0 Å². The number of esters is 2. The molecule has 0 amide bonds. The van der Waals surface area contributed by atoms with Crippen LogP contribution in [0.5, 0.6) is 0 Å². The highest BCUT2D eigenvalue weighted by atomic mass is 16.6. The van der Waals surface area contributed by atoms with Gasteiger partial charge in [-0.25, -0.2) is 0 Å². The molecule has 0 aromatic heterocycles. The number of unbranched alkanes of at least 4 members (excludes halogenated alkanes) is 42. The van der Waals surface area contributed by atoms with Crippen LogP contribution >= 0.6 is 0 Å². The lowest BCUT2D eigenvalue weighted by Crippen LogP contribution is -2.28. The standard InChI is InChI=1S/C71H128O5/c1-3-5-7-9-11-13-15-17-19-21-23-25-27-29-31-33-34-35-36-38-40-42-44-46-48-50-52-54-56-58-60-62-64-66-71(74)76-69(67-72)68-75-70(73)65-63-61-59-57-55-53-51-49-47-45-43-41-39-37-32-30-28-26-24-22-20-18-16-14-12-10-8-6-4-2/h5,7,11,13,16-19,22-25,69,72H,3-4,6,8-10,12,14-15,20-21,26-68H2,1-2H3/b7-5-,13-11-,18-16-,19-17-,24-22-,25-23-. The highest BCUT2D eigenvalue weighted by Crippen LogP contribution is 2.18. The first-order valence-corrected chi connectivity index (χ1v) is 33.5. The molecule has 0 saturated heterocycles. The third-order valence-corrected chi connectivity index (χ3v) is 15.0. The van der Waals surface area contributed by atoms with Crippen molar-refractivity contribution in [1.29, 1.82) is 0 Å². The second-order valence-corrected chi connectivity index (χ2v) is 22.5.